The second-order valence-electron chi connectivity index (χ2n) is 9.57. The largest absolute Gasteiger partial charge is 0.385 e. The molecule has 0 fully saturated rings. The first-order valence-electron chi connectivity index (χ1n) is 12.6. The molecule has 1 aromatic heterocycles. The minimum atomic E-state index is -3.61. The van der Waals surface area contributed by atoms with Crippen LogP contribution in [0.15, 0.2) is 82.6 Å². The predicted octanol–water partition coefficient (Wildman–Crippen LogP) is 3.88. The Morgan fingerprint density at radius 3 is 2.23 bits per heavy atom. The smallest absolute Gasteiger partial charge is 0.206 e. The van der Waals surface area contributed by atoms with Gasteiger partial charge in [-0.15, -0.1) is 0 Å². The lowest BCUT2D eigenvalue weighted by atomic mass is 10.1. The molecule has 0 aliphatic heterocycles. The molecule has 0 radical (unpaired) electrons. The number of sulfone groups is 2. The molecule has 0 saturated carbocycles. The molecule has 206 valence electrons. The molecule has 39 heavy (non-hydrogen) atoms. The second kappa shape index (κ2) is 12.1. The van der Waals surface area contributed by atoms with Crippen molar-refractivity contribution >= 4 is 42.1 Å². The van der Waals surface area contributed by atoms with E-state index in [1.165, 1.54) is 6.26 Å². The van der Waals surface area contributed by atoms with Crippen molar-refractivity contribution in [2.75, 3.05) is 49.7 Å². The fourth-order valence-corrected chi connectivity index (χ4v) is 6.01. The zero-order chi connectivity index (χ0) is 28.0. The first-order chi connectivity index (χ1) is 18.5. The number of rotatable bonds is 12. The molecule has 3 aromatic carbocycles. The van der Waals surface area contributed by atoms with Gasteiger partial charge in [-0.1, -0.05) is 18.2 Å². The maximum Gasteiger partial charge on any atom is 0.206 e. The van der Waals surface area contributed by atoms with Crippen LogP contribution in [-0.2, 0) is 19.7 Å². The summed E-state index contributed by atoms with van der Waals surface area (Å²) in [6, 6.07) is 20.5. The summed E-state index contributed by atoms with van der Waals surface area (Å²) in [5, 5.41) is 4.14. The Kier molecular flexibility index (Phi) is 8.83. The van der Waals surface area contributed by atoms with Crippen LogP contribution in [-0.4, -0.2) is 70.4 Å². The number of unbranched alkanes of at least 4 members (excludes halogenated alkanes) is 1. The molecule has 0 amide bonds. The minimum absolute atomic E-state index is 0.169. The summed E-state index contributed by atoms with van der Waals surface area (Å²) in [6.45, 7) is 2.12. The molecule has 3 N–H and O–H groups in total. The van der Waals surface area contributed by atoms with Gasteiger partial charge in [-0.25, -0.2) is 26.8 Å². The molecule has 9 nitrogen and oxygen atoms in total. The van der Waals surface area contributed by atoms with Crippen molar-refractivity contribution in [1.82, 2.24) is 14.9 Å². The number of benzene rings is 3. The molecule has 11 heteroatoms. The maximum absolute atomic E-state index is 12.9. The fourth-order valence-electron chi connectivity index (χ4n) is 4.09. The predicted molar refractivity (Wildman–Crippen MR) is 156 cm³/mol. The standard InChI is InChI=1S/C28H33N5O4S2/c1-33(18-19-38(2,34)35)17-7-6-16-30-22-12-15-25-26(20-22)31-28(32-27(25)29)21-10-13-24(14-11-21)39(36,37)23-8-4-3-5-9-23/h3-5,8-15,20,30H,6-7,16-19H2,1-2H3,(H2,29,31,32). The summed E-state index contributed by atoms with van der Waals surface area (Å²) in [6.07, 6.45) is 3.12. The van der Waals surface area contributed by atoms with Gasteiger partial charge >= 0.3 is 0 Å². The number of nitrogens with two attached hydrogens (primary N) is 1. The van der Waals surface area contributed by atoms with Gasteiger partial charge in [0.15, 0.2) is 5.82 Å². The van der Waals surface area contributed by atoms with Crippen LogP contribution < -0.4 is 11.1 Å². The summed E-state index contributed by atoms with van der Waals surface area (Å²) < 4.78 is 48.4. The SMILES string of the molecule is CN(CCCCNc1ccc2c(N)nc(-c3ccc(S(=O)(=O)c4ccccc4)cc3)nc2c1)CCS(C)(=O)=O. The molecular weight excluding hydrogens is 534 g/mol. The summed E-state index contributed by atoms with van der Waals surface area (Å²) in [7, 11) is -4.63. The van der Waals surface area contributed by atoms with E-state index in [9.17, 15) is 16.8 Å². The van der Waals surface area contributed by atoms with E-state index in [4.69, 9.17) is 5.73 Å². The van der Waals surface area contributed by atoms with E-state index < -0.39 is 19.7 Å². The minimum Gasteiger partial charge on any atom is -0.385 e. The van der Waals surface area contributed by atoms with E-state index in [1.54, 1.807) is 54.6 Å². The topological polar surface area (TPSA) is 135 Å². The molecule has 0 unspecified atom stereocenters. The number of nitrogens with one attached hydrogen (secondary N) is 1. The molecule has 4 rings (SSSR count). The van der Waals surface area contributed by atoms with Gasteiger partial charge in [0, 0.05) is 36.0 Å². The quantitative estimate of drug-likeness (QED) is 0.245. The van der Waals surface area contributed by atoms with E-state index >= 15 is 0 Å². The average molecular weight is 568 g/mol. The highest BCUT2D eigenvalue weighted by Gasteiger charge is 2.17. The fraction of sp³-hybridized carbons (Fsp3) is 0.286. The van der Waals surface area contributed by atoms with Gasteiger partial charge in [0.05, 0.1) is 21.1 Å². The molecule has 0 saturated heterocycles. The van der Waals surface area contributed by atoms with E-state index in [-0.39, 0.29) is 15.5 Å². The Hall–Kier alpha value is -3.54. The van der Waals surface area contributed by atoms with Crippen LogP contribution in [0.5, 0.6) is 0 Å². The van der Waals surface area contributed by atoms with E-state index in [0.29, 0.717) is 29.3 Å². The van der Waals surface area contributed by atoms with Crippen molar-refractivity contribution in [3.63, 3.8) is 0 Å². The van der Waals surface area contributed by atoms with Crippen molar-refractivity contribution in [1.29, 1.82) is 0 Å². The van der Waals surface area contributed by atoms with Crippen LogP contribution in [0.4, 0.5) is 11.5 Å². The third-order valence-corrected chi connectivity index (χ3v) is 9.05. The van der Waals surface area contributed by atoms with Gasteiger partial charge in [-0.2, -0.15) is 0 Å². The van der Waals surface area contributed by atoms with Crippen LogP contribution >= 0.6 is 0 Å². The van der Waals surface area contributed by atoms with E-state index in [0.717, 1.165) is 37.0 Å². The van der Waals surface area contributed by atoms with Crippen molar-refractivity contribution in [2.45, 2.75) is 22.6 Å². The van der Waals surface area contributed by atoms with Gasteiger partial charge < -0.3 is 16.0 Å². The molecule has 0 aliphatic rings. The Bertz CT molecular complexity index is 1640. The van der Waals surface area contributed by atoms with Crippen molar-refractivity contribution in [2.24, 2.45) is 0 Å². The number of hydrogen-bond donors (Lipinski definition) is 2. The molecule has 0 aliphatic carbocycles. The number of nitrogen functional groups attached to an aromatic ring is 1. The number of anilines is 2. The molecule has 0 atom stereocenters. The van der Waals surface area contributed by atoms with Gasteiger partial charge in [0.25, 0.3) is 0 Å². The summed E-state index contributed by atoms with van der Waals surface area (Å²) in [4.78, 5) is 11.6. The van der Waals surface area contributed by atoms with Crippen LogP contribution in [0.3, 0.4) is 0 Å². The van der Waals surface area contributed by atoms with Crippen LogP contribution in [0.25, 0.3) is 22.3 Å². The van der Waals surface area contributed by atoms with Gasteiger partial charge in [0.2, 0.25) is 9.84 Å². The highest BCUT2D eigenvalue weighted by atomic mass is 32.2. The van der Waals surface area contributed by atoms with Gasteiger partial charge in [-0.3, -0.25) is 0 Å². The number of nitrogens with zero attached hydrogens (tertiary/aromatic N) is 3. The lowest BCUT2D eigenvalue weighted by molar-refractivity contribution is 0.345. The van der Waals surface area contributed by atoms with Crippen LogP contribution in [0.1, 0.15) is 12.8 Å². The highest BCUT2D eigenvalue weighted by Crippen LogP contribution is 2.27. The summed E-state index contributed by atoms with van der Waals surface area (Å²) >= 11 is 0. The number of hydrogen-bond acceptors (Lipinski definition) is 9. The van der Waals surface area contributed by atoms with E-state index in [2.05, 4.69) is 15.3 Å². The maximum atomic E-state index is 12.9. The Balaban J connectivity index is 1.41. The monoisotopic (exact) mass is 567 g/mol. The Morgan fingerprint density at radius 2 is 1.54 bits per heavy atom. The van der Waals surface area contributed by atoms with Crippen LogP contribution in [0, 0.1) is 0 Å². The molecule has 0 bridgehead atoms. The normalized spacial score (nSPS) is 12.2. The zero-order valence-corrected chi connectivity index (χ0v) is 23.7. The van der Waals surface area contributed by atoms with Gasteiger partial charge in [-0.05, 0) is 81.0 Å². The lowest BCUT2D eigenvalue weighted by Crippen LogP contribution is -2.26. The summed E-state index contributed by atoms with van der Waals surface area (Å²) in [5.74, 6) is 0.931. The van der Waals surface area contributed by atoms with Crippen molar-refractivity contribution < 1.29 is 16.8 Å². The Labute approximate surface area is 229 Å². The summed E-state index contributed by atoms with van der Waals surface area (Å²) in [5.41, 5.74) is 8.48. The highest BCUT2D eigenvalue weighted by molar-refractivity contribution is 7.91. The van der Waals surface area contributed by atoms with Crippen molar-refractivity contribution in [3.05, 3.63) is 72.8 Å². The third-order valence-electron chi connectivity index (χ3n) is 6.34. The number of aromatic nitrogens is 2. The number of fused-ring (bicyclic) bond motifs is 1. The average Bonchev–Trinajstić information content (AvgIpc) is 2.91. The zero-order valence-electron chi connectivity index (χ0n) is 22.0. The van der Waals surface area contributed by atoms with Gasteiger partial charge in [0.1, 0.15) is 15.7 Å². The molecule has 1 heterocycles. The molecular formula is C28H33N5O4S2. The first-order valence-corrected chi connectivity index (χ1v) is 16.2. The molecule has 0 spiro atoms. The molecule has 4 aromatic rings. The Morgan fingerprint density at radius 1 is 0.846 bits per heavy atom. The van der Waals surface area contributed by atoms with Crippen molar-refractivity contribution in [3.8, 4) is 11.4 Å². The second-order valence-corrected chi connectivity index (χ2v) is 13.8. The van der Waals surface area contributed by atoms with Crippen LogP contribution in [0.2, 0.25) is 0 Å². The first kappa shape index (κ1) is 28.5. The third kappa shape index (κ3) is 7.53. The lowest BCUT2D eigenvalue weighted by Gasteiger charge is -2.16. The van der Waals surface area contributed by atoms with E-state index in [1.807, 2.05) is 30.1 Å².